The highest BCUT2D eigenvalue weighted by Gasteiger charge is 2.26. The lowest BCUT2D eigenvalue weighted by Gasteiger charge is -2.17. The molecule has 1 fully saturated rings. The zero-order chi connectivity index (χ0) is 14.7. The zero-order valence-corrected chi connectivity index (χ0v) is 11.0. The summed E-state index contributed by atoms with van der Waals surface area (Å²) in [6.07, 6.45) is 1.50. The van der Waals surface area contributed by atoms with E-state index in [0.29, 0.717) is 12.8 Å². The van der Waals surface area contributed by atoms with Crippen molar-refractivity contribution in [2.24, 2.45) is 0 Å². The number of ether oxygens (including phenoxy) is 1. The van der Waals surface area contributed by atoms with Gasteiger partial charge in [-0.1, -0.05) is 0 Å². The van der Waals surface area contributed by atoms with Crippen LogP contribution in [-0.2, 0) is 0 Å². The molecule has 1 aromatic carbocycles. The average molecular weight is 286 g/mol. The van der Waals surface area contributed by atoms with Crippen molar-refractivity contribution in [2.45, 2.75) is 31.4 Å². The molecule has 1 saturated carbocycles. The second-order valence-corrected chi connectivity index (χ2v) is 4.67. The largest absolute Gasteiger partial charge is 0.494 e. The number of urea groups is 1. The van der Waals surface area contributed by atoms with Crippen LogP contribution in [0.15, 0.2) is 12.1 Å². The van der Waals surface area contributed by atoms with Crippen LogP contribution >= 0.6 is 0 Å². The van der Waals surface area contributed by atoms with Gasteiger partial charge in [0.15, 0.2) is 17.4 Å². The average Bonchev–Trinajstić information content (AvgIpc) is 2.79. The SMILES string of the molecule is COc1cc(F)c(NC(=O)N[C@H]2CCC[C@@H]2O)cc1F. The number of hydrogen-bond donors (Lipinski definition) is 3. The molecule has 7 heteroatoms. The number of anilines is 1. The lowest BCUT2D eigenvalue weighted by Crippen LogP contribution is -2.42. The van der Waals surface area contributed by atoms with Gasteiger partial charge in [-0.25, -0.2) is 13.6 Å². The predicted molar refractivity (Wildman–Crippen MR) is 68.7 cm³/mol. The number of amides is 2. The third-order valence-electron chi connectivity index (χ3n) is 3.29. The molecule has 0 saturated heterocycles. The Bertz CT molecular complexity index is 511. The summed E-state index contributed by atoms with van der Waals surface area (Å²) in [5.41, 5.74) is -0.284. The second kappa shape index (κ2) is 6.04. The molecule has 1 aliphatic carbocycles. The minimum Gasteiger partial charge on any atom is -0.494 e. The van der Waals surface area contributed by atoms with Gasteiger partial charge in [-0.15, -0.1) is 0 Å². The normalized spacial score (nSPS) is 21.6. The van der Waals surface area contributed by atoms with Gasteiger partial charge in [0.2, 0.25) is 0 Å². The first-order valence-corrected chi connectivity index (χ1v) is 6.30. The number of rotatable bonds is 3. The molecule has 0 radical (unpaired) electrons. The highest BCUT2D eigenvalue weighted by Crippen LogP contribution is 2.25. The van der Waals surface area contributed by atoms with E-state index in [1.54, 1.807) is 0 Å². The van der Waals surface area contributed by atoms with E-state index in [-0.39, 0.29) is 17.5 Å². The number of aliphatic hydroxyl groups excluding tert-OH is 1. The summed E-state index contributed by atoms with van der Waals surface area (Å²) in [5, 5.41) is 14.3. The third kappa shape index (κ3) is 3.16. The monoisotopic (exact) mass is 286 g/mol. The second-order valence-electron chi connectivity index (χ2n) is 4.67. The van der Waals surface area contributed by atoms with Crippen molar-refractivity contribution in [2.75, 3.05) is 12.4 Å². The molecular formula is C13H16F2N2O3. The van der Waals surface area contributed by atoms with Gasteiger partial charge in [-0.05, 0) is 19.3 Å². The van der Waals surface area contributed by atoms with Crippen LogP contribution in [0.5, 0.6) is 5.75 Å². The van der Waals surface area contributed by atoms with Crippen molar-refractivity contribution in [3.05, 3.63) is 23.8 Å². The first-order valence-electron chi connectivity index (χ1n) is 6.30. The number of methoxy groups -OCH3 is 1. The van der Waals surface area contributed by atoms with E-state index in [4.69, 9.17) is 0 Å². The van der Waals surface area contributed by atoms with Crippen LogP contribution in [0.4, 0.5) is 19.3 Å². The molecule has 0 unspecified atom stereocenters. The van der Waals surface area contributed by atoms with E-state index in [1.807, 2.05) is 0 Å². The van der Waals surface area contributed by atoms with Crippen molar-refractivity contribution < 1.29 is 23.4 Å². The Labute approximate surface area is 114 Å². The van der Waals surface area contributed by atoms with E-state index < -0.39 is 23.8 Å². The summed E-state index contributed by atoms with van der Waals surface area (Å²) in [5.74, 6) is -1.81. The number of benzene rings is 1. The molecule has 3 N–H and O–H groups in total. The molecule has 2 rings (SSSR count). The van der Waals surface area contributed by atoms with Crippen LogP contribution in [0.1, 0.15) is 19.3 Å². The number of nitrogens with one attached hydrogen (secondary N) is 2. The Balaban J connectivity index is 2.02. The highest BCUT2D eigenvalue weighted by molar-refractivity contribution is 5.89. The molecule has 0 spiro atoms. The summed E-state index contributed by atoms with van der Waals surface area (Å²) in [6, 6.07) is 0.661. The van der Waals surface area contributed by atoms with Crippen LogP contribution in [0, 0.1) is 11.6 Å². The Kier molecular flexibility index (Phi) is 4.39. The van der Waals surface area contributed by atoms with E-state index in [2.05, 4.69) is 15.4 Å². The van der Waals surface area contributed by atoms with Crippen molar-refractivity contribution in [1.29, 1.82) is 0 Å². The Morgan fingerprint density at radius 3 is 2.70 bits per heavy atom. The molecule has 1 aromatic rings. The Morgan fingerprint density at radius 2 is 2.10 bits per heavy atom. The van der Waals surface area contributed by atoms with E-state index >= 15 is 0 Å². The quantitative estimate of drug-likeness (QED) is 0.796. The van der Waals surface area contributed by atoms with Gasteiger partial charge in [0.05, 0.1) is 24.9 Å². The molecule has 20 heavy (non-hydrogen) atoms. The van der Waals surface area contributed by atoms with Gasteiger partial charge in [0, 0.05) is 12.1 Å². The number of halogens is 2. The fourth-order valence-electron chi connectivity index (χ4n) is 2.22. The number of hydrogen-bond acceptors (Lipinski definition) is 3. The fourth-order valence-corrected chi connectivity index (χ4v) is 2.22. The Hall–Kier alpha value is -1.89. The molecular weight excluding hydrogens is 270 g/mol. The zero-order valence-electron chi connectivity index (χ0n) is 11.0. The maximum atomic E-state index is 13.6. The van der Waals surface area contributed by atoms with Gasteiger partial charge in [-0.2, -0.15) is 0 Å². The summed E-state index contributed by atoms with van der Waals surface area (Å²) < 4.78 is 31.7. The number of carbonyl (C=O) groups excluding carboxylic acids is 1. The first-order chi connectivity index (χ1) is 9.51. The van der Waals surface area contributed by atoms with Gasteiger partial charge < -0.3 is 20.5 Å². The summed E-state index contributed by atoms with van der Waals surface area (Å²) in [7, 11) is 1.22. The molecule has 110 valence electrons. The van der Waals surface area contributed by atoms with Crippen molar-refractivity contribution in [3.8, 4) is 5.75 Å². The number of aliphatic hydroxyl groups is 1. The molecule has 0 aliphatic heterocycles. The van der Waals surface area contributed by atoms with Gasteiger partial charge in [0.25, 0.3) is 0 Å². The Morgan fingerprint density at radius 1 is 1.35 bits per heavy atom. The van der Waals surface area contributed by atoms with Crippen LogP contribution in [0.25, 0.3) is 0 Å². The molecule has 5 nitrogen and oxygen atoms in total. The van der Waals surface area contributed by atoms with Gasteiger partial charge >= 0.3 is 6.03 Å². The minimum absolute atomic E-state index is 0.236. The highest BCUT2D eigenvalue weighted by atomic mass is 19.1. The smallest absolute Gasteiger partial charge is 0.319 e. The standard InChI is InChI=1S/C13H16F2N2O3/c1-20-12-6-7(14)10(5-8(12)15)17-13(19)16-9-3-2-4-11(9)18/h5-6,9,11,18H,2-4H2,1H3,(H2,16,17,19)/t9-,11-/m0/s1. The maximum absolute atomic E-state index is 13.6. The van der Waals surface area contributed by atoms with Crippen LogP contribution in [0.3, 0.4) is 0 Å². The summed E-state index contributed by atoms with van der Waals surface area (Å²) >= 11 is 0. The van der Waals surface area contributed by atoms with Crippen molar-refractivity contribution in [1.82, 2.24) is 5.32 Å². The topological polar surface area (TPSA) is 70.6 Å². The first kappa shape index (κ1) is 14.5. The fraction of sp³-hybridized carbons (Fsp3) is 0.462. The van der Waals surface area contributed by atoms with Gasteiger partial charge in [0.1, 0.15) is 0 Å². The molecule has 1 aliphatic rings. The third-order valence-corrected chi connectivity index (χ3v) is 3.29. The number of carbonyl (C=O) groups is 1. The van der Waals surface area contributed by atoms with Crippen LogP contribution in [0.2, 0.25) is 0 Å². The molecule has 0 bridgehead atoms. The lowest BCUT2D eigenvalue weighted by atomic mass is 10.2. The molecule has 2 atom stereocenters. The van der Waals surface area contributed by atoms with Crippen molar-refractivity contribution >= 4 is 11.7 Å². The van der Waals surface area contributed by atoms with E-state index in [9.17, 15) is 18.7 Å². The molecule has 0 aromatic heterocycles. The van der Waals surface area contributed by atoms with E-state index in [0.717, 1.165) is 18.6 Å². The molecule has 0 heterocycles. The molecule has 2 amide bonds. The minimum atomic E-state index is -0.801. The lowest BCUT2D eigenvalue weighted by molar-refractivity contribution is 0.151. The van der Waals surface area contributed by atoms with Crippen LogP contribution < -0.4 is 15.4 Å². The van der Waals surface area contributed by atoms with Gasteiger partial charge in [-0.3, -0.25) is 0 Å². The predicted octanol–water partition coefficient (Wildman–Crippen LogP) is 2.01. The summed E-state index contributed by atoms with van der Waals surface area (Å²) in [4.78, 5) is 11.7. The van der Waals surface area contributed by atoms with Crippen molar-refractivity contribution in [3.63, 3.8) is 0 Å². The van der Waals surface area contributed by atoms with E-state index in [1.165, 1.54) is 7.11 Å². The summed E-state index contributed by atoms with van der Waals surface area (Å²) in [6.45, 7) is 0. The van der Waals surface area contributed by atoms with Crippen LogP contribution in [-0.4, -0.2) is 30.4 Å². The maximum Gasteiger partial charge on any atom is 0.319 e.